The van der Waals surface area contributed by atoms with E-state index in [0.717, 1.165) is 5.56 Å². The molecule has 35 heavy (non-hydrogen) atoms. The highest BCUT2D eigenvalue weighted by molar-refractivity contribution is 7.07. The third-order valence-electron chi connectivity index (χ3n) is 5.32. The number of fused-ring (bicyclic) bond motifs is 1. The summed E-state index contributed by atoms with van der Waals surface area (Å²) >= 11 is 7.27. The van der Waals surface area contributed by atoms with Gasteiger partial charge in [-0.1, -0.05) is 41.9 Å². The number of primary amides is 1. The smallest absolute Gasteiger partial charge is 0.269 e. The van der Waals surface area contributed by atoms with Crippen LogP contribution >= 0.6 is 22.9 Å². The van der Waals surface area contributed by atoms with Gasteiger partial charge in [0.15, 0.2) is 5.69 Å². The van der Waals surface area contributed by atoms with E-state index in [1.165, 1.54) is 33.1 Å². The van der Waals surface area contributed by atoms with Crippen molar-refractivity contribution in [3.63, 3.8) is 0 Å². The molecule has 2 aromatic carbocycles. The molecule has 8 nitrogen and oxygen atoms in total. The van der Waals surface area contributed by atoms with Crippen LogP contribution in [0.1, 0.15) is 21.6 Å². The Labute approximate surface area is 209 Å². The fourth-order valence-electron chi connectivity index (χ4n) is 3.60. The van der Waals surface area contributed by atoms with Crippen molar-refractivity contribution in [1.29, 1.82) is 0 Å². The van der Waals surface area contributed by atoms with Gasteiger partial charge in [-0.3, -0.25) is 19.1 Å². The van der Waals surface area contributed by atoms with Crippen LogP contribution in [0.2, 0.25) is 5.02 Å². The Hall–Kier alpha value is -3.76. The summed E-state index contributed by atoms with van der Waals surface area (Å²) in [6, 6.07) is 13.3. The second-order valence-electron chi connectivity index (χ2n) is 7.76. The van der Waals surface area contributed by atoms with Gasteiger partial charge >= 0.3 is 0 Å². The Kier molecular flexibility index (Phi) is 7.42. The number of para-hydroxylation sites is 1. The van der Waals surface area contributed by atoms with Crippen molar-refractivity contribution >= 4 is 51.6 Å². The number of halogens is 2. The predicted octanol–water partition coefficient (Wildman–Crippen LogP) is 3.33. The van der Waals surface area contributed by atoms with Gasteiger partial charge in [-0.05, 0) is 34.5 Å². The van der Waals surface area contributed by atoms with Crippen molar-refractivity contribution < 1.29 is 18.8 Å². The molecule has 0 bridgehead atoms. The molecule has 11 heteroatoms. The number of aromatic nitrogens is 2. The van der Waals surface area contributed by atoms with Crippen molar-refractivity contribution in [2.45, 2.75) is 19.6 Å². The average Bonchev–Trinajstić information content (AvgIpc) is 3.48. The van der Waals surface area contributed by atoms with Crippen molar-refractivity contribution in [3.05, 3.63) is 87.0 Å². The Morgan fingerprint density at radius 3 is 2.69 bits per heavy atom. The summed E-state index contributed by atoms with van der Waals surface area (Å²) in [6.45, 7) is -0.326. The molecule has 3 N–H and O–H groups in total. The van der Waals surface area contributed by atoms with Crippen LogP contribution in [-0.4, -0.2) is 38.9 Å². The zero-order chi connectivity index (χ0) is 24.9. The van der Waals surface area contributed by atoms with Crippen molar-refractivity contribution in [2.75, 3.05) is 6.54 Å². The Morgan fingerprint density at radius 2 is 1.94 bits per heavy atom. The second-order valence-corrected chi connectivity index (χ2v) is 8.95. The number of amides is 3. The molecule has 2 heterocycles. The lowest BCUT2D eigenvalue weighted by molar-refractivity contribution is -0.137. The number of nitrogens with zero attached hydrogens (tertiary/aromatic N) is 3. The highest BCUT2D eigenvalue weighted by Gasteiger charge is 2.22. The maximum absolute atomic E-state index is 14.1. The fraction of sp³-hybridized carbons (Fsp3) is 0.167. The zero-order valence-corrected chi connectivity index (χ0v) is 20.0. The molecule has 180 valence electrons. The molecule has 0 saturated heterocycles. The summed E-state index contributed by atoms with van der Waals surface area (Å²) < 4.78 is 15.5. The number of benzene rings is 2. The summed E-state index contributed by atoms with van der Waals surface area (Å²) in [5.41, 5.74) is 7.19. The molecule has 0 aliphatic carbocycles. The minimum absolute atomic E-state index is 0.0345. The van der Waals surface area contributed by atoms with Gasteiger partial charge in [0.05, 0.1) is 17.1 Å². The molecule has 0 aliphatic heterocycles. The first kappa shape index (κ1) is 24.4. The minimum Gasteiger partial charge on any atom is -0.364 e. The van der Waals surface area contributed by atoms with Crippen LogP contribution < -0.4 is 11.1 Å². The van der Waals surface area contributed by atoms with E-state index in [1.807, 2.05) is 16.8 Å². The van der Waals surface area contributed by atoms with E-state index in [9.17, 15) is 18.8 Å². The SMILES string of the molecule is NC(=O)c1nn(CC(=O)N(CC(=O)NCc2cccc(Cl)c2F)Cc2ccsc2)c2ccccc12. The van der Waals surface area contributed by atoms with Crippen LogP contribution in [0.15, 0.2) is 59.3 Å². The highest BCUT2D eigenvalue weighted by atomic mass is 35.5. The summed E-state index contributed by atoms with van der Waals surface area (Å²) in [5.74, 6) is -2.15. The third-order valence-corrected chi connectivity index (χ3v) is 6.35. The van der Waals surface area contributed by atoms with Crippen LogP contribution in [0, 0.1) is 5.82 Å². The summed E-state index contributed by atoms with van der Waals surface area (Å²) in [7, 11) is 0. The first-order valence-corrected chi connectivity index (χ1v) is 11.9. The van der Waals surface area contributed by atoms with Crippen LogP contribution in [0.5, 0.6) is 0 Å². The van der Waals surface area contributed by atoms with E-state index in [0.29, 0.717) is 10.9 Å². The van der Waals surface area contributed by atoms with Gasteiger partial charge in [0.1, 0.15) is 12.4 Å². The minimum atomic E-state index is -0.699. The van der Waals surface area contributed by atoms with E-state index in [2.05, 4.69) is 10.4 Å². The maximum Gasteiger partial charge on any atom is 0.269 e. The normalized spacial score (nSPS) is 10.9. The number of nitrogens with one attached hydrogen (secondary N) is 1. The highest BCUT2D eigenvalue weighted by Crippen LogP contribution is 2.19. The van der Waals surface area contributed by atoms with Gasteiger partial charge in [-0.2, -0.15) is 16.4 Å². The zero-order valence-electron chi connectivity index (χ0n) is 18.4. The van der Waals surface area contributed by atoms with Crippen LogP contribution in [0.25, 0.3) is 10.9 Å². The lowest BCUT2D eigenvalue weighted by Crippen LogP contribution is -2.41. The number of thiophene rings is 1. The molecule has 0 radical (unpaired) electrons. The average molecular weight is 514 g/mol. The number of nitrogens with two attached hydrogens (primary N) is 1. The Morgan fingerprint density at radius 1 is 1.14 bits per heavy atom. The van der Waals surface area contributed by atoms with Crippen LogP contribution in [0.4, 0.5) is 4.39 Å². The third kappa shape index (κ3) is 5.67. The number of rotatable bonds is 9. The molecule has 0 unspecified atom stereocenters. The molecule has 3 amide bonds. The van der Waals surface area contributed by atoms with Gasteiger partial charge in [-0.15, -0.1) is 0 Å². The fourth-order valence-corrected chi connectivity index (χ4v) is 4.46. The molecular weight excluding hydrogens is 493 g/mol. The topological polar surface area (TPSA) is 110 Å². The first-order chi connectivity index (χ1) is 16.8. The second kappa shape index (κ2) is 10.7. The molecule has 4 rings (SSSR count). The molecule has 0 spiro atoms. The maximum atomic E-state index is 14.1. The molecule has 2 aromatic heterocycles. The number of hydrogen-bond donors (Lipinski definition) is 2. The van der Waals surface area contributed by atoms with E-state index in [1.54, 1.807) is 30.3 Å². The summed E-state index contributed by atoms with van der Waals surface area (Å²) in [4.78, 5) is 39.1. The van der Waals surface area contributed by atoms with Gasteiger partial charge in [0.25, 0.3) is 5.91 Å². The molecule has 4 aromatic rings. The number of hydrogen-bond acceptors (Lipinski definition) is 5. The quantitative estimate of drug-likeness (QED) is 0.357. The van der Waals surface area contributed by atoms with E-state index in [-0.39, 0.29) is 48.4 Å². The van der Waals surface area contributed by atoms with Crippen LogP contribution in [0.3, 0.4) is 0 Å². The first-order valence-electron chi connectivity index (χ1n) is 10.6. The van der Waals surface area contributed by atoms with Gasteiger partial charge < -0.3 is 16.0 Å². The van der Waals surface area contributed by atoms with E-state index < -0.39 is 17.6 Å². The monoisotopic (exact) mass is 513 g/mol. The van der Waals surface area contributed by atoms with Crippen molar-refractivity contribution in [2.24, 2.45) is 5.73 Å². The van der Waals surface area contributed by atoms with Crippen LogP contribution in [-0.2, 0) is 29.2 Å². The lowest BCUT2D eigenvalue weighted by Gasteiger charge is -2.22. The van der Waals surface area contributed by atoms with Gasteiger partial charge in [0.2, 0.25) is 11.8 Å². The molecular formula is C24H21ClFN5O3S. The van der Waals surface area contributed by atoms with Gasteiger partial charge in [0, 0.05) is 24.0 Å². The molecule has 0 atom stereocenters. The number of carbonyl (C=O) groups excluding carboxylic acids is 3. The van der Waals surface area contributed by atoms with Crippen molar-refractivity contribution in [1.82, 2.24) is 20.0 Å². The number of carbonyl (C=O) groups is 3. The lowest BCUT2D eigenvalue weighted by atomic mass is 10.2. The largest absolute Gasteiger partial charge is 0.364 e. The molecule has 0 aliphatic rings. The predicted molar refractivity (Wildman–Crippen MR) is 131 cm³/mol. The molecule has 0 fully saturated rings. The van der Waals surface area contributed by atoms with Crippen molar-refractivity contribution in [3.8, 4) is 0 Å². The van der Waals surface area contributed by atoms with E-state index in [4.69, 9.17) is 17.3 Å². The standard InChI is InChI=1S/C24H21ClFN5O3S/c25-18-6-3-4-16(22(18)26)10-28-20(32)12-30(11-15-8-9-35-14-15)21(33)13-31-19-7-2-1-5-17(19)23(29-31)24(27)34/h1-9,14H,10-13H2,(H2,27,34)(H,28,32). The Bertz CT molecular complexity index is 1390. The van der Waals surface area contributed by atoms with Gasteiger partial charge in [-0.25, -0.2) is 4.39 Å². The summed E-state index contributed by atoms with van der Waals surface area (Å²) in [5, 5.41) is 11.1. The van der Waals surface area contributed by atoms with E-state index >= 15 is 0 Å². The summed E-state index contributed by atoms with van der Waals surface area (Å²) in [6.07, 6.45) is 0. The molecule has 0 saturated carbocycles. The Balaban J connectivity index is 1.51.